The van der Waals surface area contributed by atoms with Crippen LogP contribution >= 0.6 is 0 Å². The number of ketones is 1. The highest BCUT2D eigenvalue weighted by atomic mass is 32.2. The summed E-state index contributed by atoms with van der Waals surface area (Å²) < 4.78 is 26.4. The topological polar surface area (TPSA) is 54.5 Å². The smallest absolute Gasteiger partial charge is 0.242 e. The number of benzene rings is 1. The molecule has 1 aliphatic rings. The molecule has 1 aromatic carbocycles. The molecule has 0 bridgehead atoms. The van der Waals surface area contributed by atoms with Crippen molar-refractivity contribution < 1.29 is 13.2 Å². The lowest BCUT2D eigenvalue weighted by Gasteiger charge is -2.24. The average molecular weight is 307 g/mol. The van der Waals surface area contributed by atoms with E-state index in [9.17, 15) is 13.2 Å². The Bertz CT molecular complexity index is 632. The summed E-state index contributed by atoms with van der Waals surface area (Å²) in [4.78, 5) is 11.5. The summed E-state index contributed by atoms with van der Waals surface area (Å²) in [6, 6.07) is 6.13. The summed E-state index contributed by atoms with van der Waals surface area (Å²) in [5.74, 6) is 0.313. The lowest BCUT2D eigenvalue weighted by molar-refractivity contribution is 0.101. The number of nitrogens with zero attached hydrogens (tertiary/aromatic N) is 1. The Morgan fingerprint density at radius 3 is 2.43 bits per heavy atom. The van der Waals surface area contributed by atoms with E-state index in [1.807, 2.05) is 0 Å². The Morgan fingerprint density at radius 1 is 1.24 bits per heavy atom. The van der Waals surface area contributed by atoms with Crippen molar-refractivity contribution >= 4 is 15.8 Å². The van der Waals surface area contributed by atoms with E-state index < -0.39 is 10.0 Å². The highest BCUT2D eigenvalue weighted by Gasteiger charge is 2.24. The molecule has 4 nitrogen and oxygen atoms in total. The maximum atomic E-state index is 12.5. The molecule has 0 amide bonds. The van der Waals surface area contributed by atoms with Crippen LogP contribution in [0.2, 0.25) is 0 Å². The van der Waals surface area contributed by atoms with Crippen LogP contribution in [-0.4, -0.2) is 32.1 Å². The van der Waals surface area contributed by atoms with Gasteiger partial charge in [-0.3, -0.25) is 4.79 Å². The average Bonchev–Trinajstić information content (AvgIpc) is 2.48. The van der Waals surface area contributed by atoms with Crippen molar-refractivity contribution in [3.8, 4) is 0 Å². The van der Waals surface area contributed by atoms with E-state index in [2.05, 4.69) is 12.2 Å². The van der Waals surface area contributed by atoms with Crippen molar-refractivity contribution in [1.29, 1.82) is 0 Å². The Kier molecular flexibility index (Phi) is 4.96. The first-order valence-electron chi connectivity index (χ1n) is 7.13. The van der Waals surface area contributed by atoms with Crippen molar-refractivity contribution in [2.75, 3.05) is 13.6 Å². The van der Waals surface area contributed by atoms with Gasteiger partial charge < -0.3 is 0 Å². The van der Waals surface area contributed by atoms with Gasteiger partial charge in [-0.2, -0.15) is 0 Å². The Morgan fingerprint density at radius 2 is 1.90 bits per heavy atom. The SMILES string of the molecule is CC(=O)c1ccc(S(=O)(=O)N(C)CC2CC=CCC2)cc1. The van der Waals surface area contributed by atoms with Gasteiger partial charge in [-0.05, 0) is 44.2 Å². The van der Waals surface area contributed by atoms with E-state index in [1.54, 1.807) is 19.2 Å². The molecule has 0 fully saturated rings. The van der Waals surface area contributed by atoms with Crippen LogP contribution in [0.1, 0.15) is 36.5 Å². The first-order chi connectivity index (χ1) is 9.91. The van der Waals surface area contributed by atoms with E-state index in [-0.39, 0.29) is 10.7 Å². The fraction of sp³-hybridized carbons (Fsp3) is 0.438. The van der Waals surface area contributed by atoms with Crippen molar-refractivity contribution in [3.63, 3.8) is 0 Å². The van der Waals surface area contributed by atoms with Crippen LogP contribution in [0.5, 0.6) is 0 Å². The van der Waals surface area contributed by atoms with Crippen LogP contribution in [0.15, 0.2) is 41.3 Å². The zero-order valence-electron chi connectivity index (χ0n) is 12.5. The maximum Gasteiger partial charge on any atom is 0.242 e. The number of hydrogen-bond donors (Lipinski definition) is 0. The summed E-state index contributed by atoms with van der Waals surface area (Å²) >= 11 is 0. The largest absolute Gasteiger partial charge is 0.295 e. The molecule has 0 N–H and O–H groups in total. The van der Waals surface area contributed by atoms with E-state index >= 15 is 0 Å². The van der Waals surface area contributed by atoms with Crippen molar-refractivity contribution in [2.45, 2.75) is 31.1 Å². The highest BCUT2D eigenvalue weighted by molar-refractivity contribution is 7.89. The van der Waals surface area contributed by atoms with E-state index in [4.69, 9.17) is 0 Å². The van der Waals surface area contributed by atoms with Gasteiger partial charge in [-0.1, -0.05) is 24.3 Å². The predicted molar refractivity (Wildman–Crippen MR) is 82.7 cm³/mol. The van der Waals surface area contributed by atoms with E-state index in [0.717, 1.165) is 19.3 Å². The molecule has 2 rings (SSSR count). The third-order valence-electron chi connectivity index (χ3n) is 3.86. The minimum absolute atomic E-state index is 0.0682. The van der Waals surface area contributed by atoms with E-state index in [0.29, 0.717) is 18.0 Å². The van der Waals surface area contributed by atoms with E-state index in [1.165, 1.54) is 23.4 Å². The molecule has 0 radical (unpaired) electrons. The molecule has 1 aliphatic carbocycles. The fourth-order valence-corrected chi connectivity index (χ4v) is 3.77. The van der Waals surface area contributed by atoms with Crippen molar-refractivity contribution in [1.82, 2.24) is 4.31 Å². The van der Waals surface area contributed by atoms with Gasteiger partial charge in [0.15, 0.2) is 5.78 Å². The zero-order chi connectivity index (χ0) is 15.5. The number of carbonyl (C=O) groups excluding carboxylic acids is 1. The molecular formula is C16H21NO3S. The number of hydrogen-bond acceptors (Lipinski definition) is 3. The van der Waals surface area contributed by atoms with Crippen molar-refractivity contribution in [2.24, 2.45) is 5.92 Å². The molecule has 1 unspecified atom stereocenters. The molecule has 5 heteroatoms. The molecular weight excluding hydrogens is 286 g/mol. The van der Waals surface area contributed by atoms with Crippen LogP contribution < -0.4 is 0 Å². The fourth-order valence-electron chi connectivity index (χ4n) is 2.53. The van der Waals surface area contributed by atoms with Gasteiger partial charge in [0.1, 0.15) is 0 Å². The van der Waals surface area contributed by atoms with Gasteiger partial charge in [0.2, 0.25) is 10.0 Å². The molecule has 0 saturated heterocycles. The number of Topliss-reactive ketones (excluding diaryl/α,β-unsaturated/α-hetero) is 1. The zero-order valence-corrected chi connectivity index (χ0v) is 13.3. The summed E-state index contributed by atoms with van der Waals surface area (Å²) in [6.07, 6.45) is 7.25. The summed E-state index contributed by atoms with van der Waals surface area (Å²) in [6.45, 7) is 1.99. The lowest BCUT2D eigenvalue weighted by Crippen LogP contribution is -2.32. The predicted octanol–water partition coefficient (Wildman–Crippen LogP) is 2.87. The van der Waals surface area contributed by atoms with Crippen LogP contribution in [0, 0.1) is 5.92 Å². The Balaban J connectivity index is 2.12. The van der Waals surface area contributed by atoms with Crippen molar-refractivity contribution in [3.05, 3.63) is 42.0 Å². The number of rotatable bonds is 5. The van der Waals surface area contributed by atoms with Crippen LogP contribution in [-0.2, 0) is 10.0 Å². The first kappa shape index (κ1) is 15.9. The second kappa shape index (κ2) is 6.54. The summed E-state index contributed by atoms with van der Waals surface area (Å²) in [7, 11) is -1.87. The number of carbonyl (C=O) groups is 1. The van der Waals surface area contributed by atoms with Gasteiger partial charge in [-0.25, -0.2) is 12.7 Å². The van der Waals surface area contributed by atoms with Crippen LogP contribution in [0.25, 0.3) is 0 Å². The molecule has 0 spiro atoms. The summed E-state index contributed by atoms with van der Waals surface area (Å²) in [5.41, 5.74) is 0.522. The highest BCUT2D eigenvalue weighted by Crippen LogP contribution is 2.22. The maximum absolute atomic E-state index is 12.5. The molecule has 1 aromatic rings. The Hall–Kier alpha value is -1.46. The molecule has 114 valence electrons. The van der Waals surface area contributed by atoms with Crippen LogP contribution in [0.3, 0.4) is 0 Å². The minimum Gasteiger partial charge on any atom is -0.295 e. The van der Waals surface area contributed by atoms with Crippen LogP contribution in [0.4, 0.5) is 0 Å². The molecule has 0 aliphatic heterocycles. The Labute approximate surface area is 126 Å². The second-order valence-corrected chi connectivity index (χ2v) is 7.56. The third kappa shape index (κ3) is 3.80. The van der Waals surface area contributed by atoms with Gasteiger partial charge in [-0.15, -0.1) is 0 Å². The molecule has 0 aromatic heterocycles. The molecule has 0 saturated carbocycles. The third-order valence-corrected chi connectivity index (χ3v) is 5.70. The van der Waals surface area contributed by atoms with Gasteiger partial charge in [0.05, 0.1) is 4.90 Å². The number of sulfonamides is 1. The van der Waals surface area contributed by atoms with Gasteiger partial charge in [0.25, 0.3) is 0 Å². The first-order valence-corrected chi connectivity index (χ1v) is 8.57. The molecule has 21 heavy (non-hydrogen) atoms. The number of allylic oxidation sites excluding steroid dienone is 2. The second-order valence-electron chi connectivity index (χ2n) is 5.52. The molecule has 0 heterocycles. The minimum atomic E-state index is -3.48. The quantitative estimate of drug-likeness (QED) is 0.621. The standard InChI is InChI=1S/C16H21NO3S/c1-13(18)15-8-10-16(11-9-15)21(19,20)17(2)12-14-6-4-3-5-7-14/h3-4,8-11,14H,5-7,12H2,1-2H3. The van der Waals surface area contributed by atoms with Gasteiger partial charge >= 0.3 is 0 Å². The molecule has 1 atom stereocenters. The summed E-state index contributed by atoms with van der Waals surface area (Å²) in [5, 5.41) is 0. The monoisotopic (exact) mass is 307 g/mol. The normalized spacial score (nSPS) is 18.9. The lowest BCUT2D eigenvalue weighted by atomic mass is 9.95. The van der Waals surface area contributed by atoms with Gasteiger partial charge in [0, 0.05) is 19.2 Å².